The zero-order chi connectivity index (χ0) is 16.4. The lowest BCUT2D eigenvalue weighted by Gasteiger charge is -2.15. The third-order valence-corrected chi connectivity index (χ3v) is 5.03. The van der Waals surface area contributed by atoms with Gasteiger partial charge in [-0.3, -0.25) is 9.36 Å². The van der Waals surface area contributed by atoms with Gasteiger partial charge in [-0.1, -0.05) is 18.7 Å². The molecule has 0 radical (unpaired) electrons. The lowest BCUT2D eigenvalue weighted by Crippen LogP contribution is -2.18. The minimum atomic E-state index is -0.298. The monoisotopic (exact) mass is 336 g/mol. The van der Waals surface area contributed by atoms with Gasteiger partial charge in [0.1, 0.15) is 11.1 Å². The number of anilines is 2. The number of hydrogen-bond acceptors (Lipinski definition) is 6. The van der Waals surface area contributed by atoms with Crippen molar-refractivity contribution in [3.63, 3.8) is 0 Å². The number of fused-ring (bicyclic) bond motifs is 1. The molecule has 0 saturated carbocycles. The maximum Gasteiger partial charge on any atom is 0.319 e. The third kappa shape index (κ3) is 3.03. The molecule has 0 aliphatic carbocycles. The van der Waals surface area contributed by atoms with Crippen LogP contribution in [-0.4, -0.2) is 39.6 Å². The number of carbonyl (C=O) groups is 1. The molecule has 3 rings (SSSR count). The lowest BCUT2D eigenvalue weighted by atomic mass is 10.3. The van der Waals surface area contributed by atoms with E-state index in [-0.39, 0.29) is 17.0 Å². The van der Waals surface area contributed by atoms with E-state index >= 15 is 0 Å². The highest BCUT2D eigenvalue weighted by Crippen LogP contribution is 2.34. The SMILES string of the molecule is CCC(Sc1nnc2n1CCN2c1ccc(F)cc1)C(=O)OC. The molecule has 1 aliphatic rings. The molecular formula is C15H17FN4O2S. The van der Waals surface area contributed by atoms with Crippen molar-refractivity contribution in [3.05, 3.63) is 30.1 Å². The Bertz CT molecular complexity index is 704. The number of carbonyl (C=O) groups excluding carboxylic acids is 1. The summed E-state index contributed by atoms with van der Waals surface area (Å²) in [6, 6.07) is 6.29. The first-order chi connectivity index (χ1) is 11.1. The normalized spacial score (nSPS) is 14.7. The van der Waals surface area contributed by atoms with Crippen LogP contribution in [0.3, 0.4) is 0 Å². The number of aromatic nitrogens is 3. The number of ether oxygens (including phenoxy) is 1. The zero-order valence-electron chi connectivity index (χ0n) is 12.9. The molecule has 0 fully saturated rings. The summed E-state index contributed by atoms with van der Waals surface area (Å²) in [6.45, 7) is 3.39. The average Bonchev–Trinajstić information content (AvgIpc) is 3.15. The van der Waals surface area contributed by atoms with Gasteiger partial charge in [0.05, 0.1) is 7.11 Å². The first kappa shape index (κ1) is 15.8. The van der Waals surface area contributed by atoms with Crippen LogP contribution in [0.1, 0.15) is 13.3 Å². The molecule has 0 N–H and O–H groups in total. The van der Waals surface area contributed by atoms with E-state index in [2.05, 4.69) is 10.2 Å². The lowest BCUT2D eigenvalue weighted by molar-refractivity contribution is -0.140. The van der Waals surface area contributed by atoms with Gasteiger partial charge in [0.25, 0.3) is 0 Å². The van der Waals surface area contributed by atoms with Gasteiger partial charge in [-0.05, 0) is 30.7 Å². The van der Waals surface area contributed by atoms with Crippen molar-refractivity contribution in [1.82, 2.24) is 14.8 Å². The maximum absolute atomic E-state index is 13.1. The van der Waals surface area contributed by atoms with Crippen LogP contribution in [-0.2, 0) is 16.1 Å². The Morgan fingerprint density at radius 3 is 2.74 bits per heavy atom. The van der Waals surface area contributed by atoms with Crippen molar-refractivity contribution in [1.29, 1.82) is 0 Å². The van der Waals surface area contributed by atoms with E-state index in [1.54, 1.807) is 12.1 Å². The first-order valence-electron chi connectivity index (χ1n) is 7.34. The van der Waals surface area contributed by atoms with Crippen LogP contribution in [0.25, 0.3) is 0 Å². The van der Waals surface area contributed by atoms with Crippen molar-refractivity contribution in [2.45, 2.75) is 30.3 Å². The van der Waals surface area contributed by atoms with Crippen molar-refractivity contribution in [2.24, 2.45) is 0 Å². The second-order valence-electron chi connectivity index (χ2n) is 5.10. The second-order valence-corrected chi connectivity index (χ2v) is 6.27. The summed E-state index contributed by atoms with van der Waals surface area (Å²) < 4.78 is 19.8. The van der Waals surface area contributed by atoms with Gasteiger partial charge in [0.2, 0.25) is 5.95 Å². The summed E-state index contributed by atoms with van der Waals surface area (Å²) in [5, 5.41) is 8.81. The zero-order valence-corrected chi connectivity index (χ0v) is 13.7. The van der Waals surface area contributed by atoms with Gasteiger partial charge in [0, 0.05) is 18.8 Å². The summed E-state index contributed by atoms with van der Waals surface area (Å²) in [5.41, 5.74) is 0.870. The standard InChI is InChI=1S/C15H17FN4O2S/c1-3-12(13(21)22-2)23-15-18-17-14-19(8-9-20(14)15)11-6-4-10(16)5-7-11/h4-7,12H,3,8-9H2,1-2H3. The first-order valence-corrected chi connectivity index (χ1v) is 8.22. The van der Waals surface area contributed by atoms with E-state index in [1.165, 1.54) is 31.0 Å². The van der Waals surface area contributed by atoms with Gasteiger partial charge in [-0.15, -0.1) is 10.2 Å². The van der Waals surface area contributed by atoms with E-state index in [9.17, 15) is 9.18 Å². The summed E-state index contributed by atoms with van der Waals surface area (Å²) in [7, 11) is 1.38. The Kier molecular flexibility index (Phi) is 4.51. The molecule has 0 amide bonds. The molecule has 1 aliphatic heterocycles. The average molecular weight is 336 g/mol. The molecule has 23 heavy (non-hydrogen) atoms. The number of thioether (sulfide) groups is 1. The molecule has 1 atom stereocenters. The van der Waals surface area contributed by atoms with Crippen molar-refractivity contribution in [2.75, 3.05) is 18.6 Å². The third-order valence-electron chi connectivity index (χ3n) is 3.71. The van der Waals surface area contributed by atoms with E-state index in [0.29, 0.717) is 17.5 Å². The van der Waals surface area contributed by atoms with Gasteiger partial charge in [-0.25, -0.2) is 4.39 Å². The summed E-state index contributed by atoms with van der Waals surface area (Å²) in [4.78, 5) is 13.7. The van der Waals surface area contributed by atoms with Gasteiger partial charge >= 0.3 is 5.97 Å². The Morgan fingerprint density at radius 2 is 2.09 bits per heavy atom. The Labute approximate surface area is 137 Å². The van der Waals surface area contributed by atoms with Crippen LogP contribution < -0.4 is 4.90 Å². The molecule has 0 saturated heterocycles. The molecule has 8 heteroatoms. The second kappa shape index (κ2) is 6.57. The Balaban J connectivity index is 1.82. The van der Waals surface area contributed by atoms with Crippen LogP contribution in [0, 0.1) is 5.82 Å². The molecule has 0 spiro atoms. The fraction of sp³-hybridized carbons (Fsp3) is 0.400. The molecule has 122 valence electrons. The van der Waals surface area contributed by atoms with Gasteiger partial charge in [0.15, 0.2) is 5.16 Å². The van der Waals surface area contributed by atoms with E-state index in [1.807, 2.05) is 16.4 Å². The van der Waals surface area contributed by atoms with Crippen LogP contribution >= 0.6 is 11.8 Å². The van der Waals surface area contributed by atoms with E-state index in [0.717, 1.165) is 18.8 Å². The molecule has 6 nitrogen and oxygen atoms in total. The molecule has 2 heterocycles. The summed E-state index contributed by atoms with van der Waals surface area (Å²) in [5.74, 6) is 0.177. The van der Waals surface area contributed by atoms with Crippen LogP contribution in [0.15, 0.2) is 29.4 Å². The Hall–Kier alpha value is -2.09. The molecule has 1 unspecified atom stereocenters. The minimum Gasteiger partial charge on any atom is -0.468 e. The topological polar surface area (TPSA) is 60.2 Å². The largest absolute Gasteiger partial charge is 0.468 e. The van der Waals surface area contributed by atoms with Crippen LogP contribution in [0.4, 0.5) is 16.0 Å². The highest BCUT2D eigenvalue weighted by atomic mass is 32.2. The molecule has 1 aromatic carbocycles. The van der Waals surface area contributed by atoms with Crippen molar-refractivity contribution in [3.8, 4) is 0 Å². The van der Waals surface area contributed by atoms with E-state index < -0.39 is 0 Å². The summed E-state index contributed by atoms with van der Waals surface area (Å²) in [6.07, 6.45) is 0.654. The molecule has 2 aromatic rings. The predicted octanol–water partition coefficient (Wildman–Crippen LogP) is 2.61. The number of rotatable bonds is 5. The van der Waals surface area contributed by atoms with Crippen molar-refractivity contribution < 1.29 is 13.9 Å². The van der Waals surface area contributed by atoms with E-state index in [4.69, 9.17) is 4.74 Å². The smallest absolute Gasteiger partial charge is 0.319 e. The van der Waals surface area contributed by atoms with Crippen LogP contribution in [0.5, 0.6) is 0 Å². The highest BCUT2D eigenvalue weighted by molar-refractivity contribution is 8.00. The minimum absolute atomic E-state index is 0.261. The fourth-order valence-electron chi connectivity index (χ4n) is 2.49. The van der Waals surface area contributed by atoms with Gasteiger partial charge in [-0.2, -0.15) is 0 Å². The molecule has 0 bridgehead atoms. The summed E-state index contributed by atoms with van der Waals surface area (Å²) >= 11 is 1.36. The van der Waals surface area contributed by atoms with Crippen LogP contribution in [0.2, 0.25) is 0 Å². The number of nitrogens with zero attached hydrogens (tertiary/aromatic N) is 4. The maximum atomic E-state index is 13.1. The number of halogens is 1. The number of methoxy groups -OCH3 is 1. The number of benzene rings is 1. The van der Waals surface area contributed by atoms with Gasteiger partial charge < -0.3 is 9.64 Å². The number of esters is 1. The molecule has 1 aromatic heterocycles. The highest BCUT2D eigenvalue weighted by Gasteiger charge is 2.29. The number of hydrogen-bond donors (Lipinski definition) is 0. The molecular weight excluding hydrogens is 319 g/mol. The fourth-order valence-corrected chi connectivity index (χ4v) is 3.49. The Morgan fingerprint density at radius 1 is 1.35 bits per heavy atom. The van der Waals surface area contributed by atoms with Crippen molar-refractivity contribution >= 4 is 29.4 Å². The predicted molar refractivity (Wildman–Crippen MR) is 85.4 cm³/mol. The quantitative estimate of drug-likeness (QED) is 0.618.